The van der Waals surface area contributed by atoms with E-state index in [1.807, 2.05) is 12.1 Å². The van der Waals surface area contributed by atoms with E-state index in [4.69, 9.17) is 5.73 Å². The normalized spacial score (nSPS) is 13.0. The van der Waals surface area contributed by atoms with Crippen LogP contribution in [0.15, 0.2) is 42.5 Å². The maximum atomic E-state index is 11.2. The van der Waals surface area contributed by atoms with Gasteiger partial charge in [0.2, 0.25) is 5.91 Å². The number of anilines is 1. The van der Waals surface area contributed by atoms with Crippen LogP contribution in [0.3, 0.4) is 0 Å². The van der Waals surface area contributed by atoms with Gasteiger partial charge in [-0.05, 0) is 29.7 Å². The molecule has 0 bridgehead atoms. The first-order chi connectivity index (χ1) is 10.5. The summed E-state index contributed by atoms with van der Waals surface area (Å²) in [6.45, 7) is 1.40. The summed E-state index contributed by atoms with van der Waals surface area (Å²) in [6, 6.07) is 12.1. The summed E-state index contributed by atoms with van der Waals surface area (Å²) in [7, 11) is 0. The molecule has 2 aromatic rings. The lowest BCUT2D eigenvalue weighted by molar-refractivity contribution is -0.384. The SMILES string of the molecule is NC(=O)c1cccc(CN2CCc3ccc([N+](=O)[O-])cc32)c1. The fraction of sp³-hybridized carbons (Fsp3) is 0.188. The third-order valence-electron chi connectivity index (χ3n) is 3.86. The van der Waals surface area contributed by atoms with Crippen molar-refractivity contribution in [3.8, 4) is 0 Å². The van der Waals surface area contributed by atoms with E-state index in [0.29, 0.717) is 12.1 Å². The summed E-state index contributed by atoms with van der Waals surface area (Å²) >= 11 is 0. The largest absolute Gasteiger partial charge is 0.366 e. The lowest BCUT2D eigenvalue weighted by Crippen LogP contribution is -2.20. The van der Waals surface area contributed by atoms with Crippen LogP contribution in [0.2, 0.25) is 0 Å². The van der Waals surface area contributed by atoms with Crippen LogP contribution in [-0.2, 0) is 13.0 Å². The molecule has 0 aliphatic carbocycles. The van der Waals surface area contributed by atoms with Gasteiger partial charge in [0.05, 0.1) is 4.92 Å². The number of amides is 1. The van der Waals surface area contributed by atoms with E-state index in [1.54, 1.807) is 24.3 Å². The van der Waals surface area contributed by atoms with E-state index in [0.717, 1.165) is 29.8 Å². The van der Waals surface area contributed by atoms with Crippen molar-refractivity contribution in [2.24, 2.45) is 5.73 Å². The van der Waals surface area contributed by atoms with E-state index in [1.165, 1.54) is 6.07 Å². The second-order valence-electron chi connectivity index (χ2n) is 5.31. The Hall–Kier alpha value is -2.89. The molecule has 112 valence electrons. The molecule has 0 fully saturated rings. The van der Waals surface area contributed by atoms with Gasteiger partial charge < -0.3 is 10.6 Å². The monoisotopic (exact) mass is 297 g/mol. The number of carbonyl (C=O) groups is 1. The summed E-state index contributed by atoms with van der Waals surface area (Å²) < 4.78 is 0. The van der Waals surface area contributed by atoms with Gasteiger partial charge in [0, 0.05) is 36.5 Å². The molecule has 0 saturated heterocycles. The Kier molecular flexibility index (Phi) is 3.50. The fourth-order valence-electron chi connectivity index (χ4n) is 2.76. The fourth-order valence-corrected chi connectivity index (χ4v) is 2.76. The van der Waals surface area contributed by atoms with Crippen LogP contribution in [0.4, 0.5) is 11.4 Å². The minimum absolute atomic E-state index is 0.0940. The van der Waals surface area contributed by atoms with E-state index in [-0.39, 0.29) is 10.6 Å². The Morgan fingerprint density at radius 2 is 2.09 bits per heavy atom. The molecule has 2 N–H and O–H groups in total. The maximum Gasteiger partial charge on any atom is 0.271 e. The van der Waals surface area contributed by atoms with Crippen molar-refractivity contribution < 1.29 is 9.72 Å². The number of hydrogen-bond donors (Lipinski definition) is 1. The molecule has 3 rings (SSSR count). The lowest BCUT2D eigenvalue weighted by atomic mass is 10.1. The van der Waals surface area contributed by atoms with Gasteiger partial charge >= 0.3 is 0 Å². The van der Waals surface area contributed by atoms with Crippen LogP contribution < -0.4 is 10.6 Å². The molecule has 1 aliphatic heterocycles. The highest BCUT2D eigenvalue weighted by Gasteiger charge is 2.22. The van der Waals surface area contributed by atoms with Crippen LogP contribution in [0, 0.1) is 10.1 Å². The number of nitro groups is 1. The standard InChI is InChI=1S/C16H15N3O3/c17-16(20)13-3-1-2-11(8-13)10-18-7-6-12-4-5-14(19(21)22)9-15(12)18/h1-5,8-9H,6-7,10H2,(H2,17,20). The average molecular weight is 297 g/mol. The highest BCUT2D eigenvalue weighted by atomic mass is 16.6. The van der Waals surface area contributed by atoms with Crippen molar-refractivity contribution in [1.29, 1.82) is 0 Å². The van der Waals surface area contributed by atoms with Crippen molar-refractivity contribution >= 4 is 17.3 Å². The zero-order chi connectivity index (χ0) is 15.7. The summed E-state index contributed by atoms with van der Waals surface area (Å²) in [4.78, 5) is 23.9. The minimum atomic E-state index is -0.459. The molecule has 0 unspecified atom stereocenters. The van der Waals surface area contributed by atoms with E-state index >= 15 is 0 Å². The smallest absolute Gasteiger partial charge is 0.271 e. The maximum absolute atomic E-state index is 11.2. The van der Waals surface area contributed by atoms with Gasteiger partial charge in [0.1, 0.15) is 0 Å². The number of primary amides is 1. The molecule has 0 radical (unpaired) electrons. The Morgan fingerprint density at radius 3 is 2.82 bits per heavy atom. The molecule has 0 aromatic heterocycles. The predicted molar refractivity (Wildman–Crippen MR) is 82.8 cm³/mol. The first-order valence-electron chi connectivity index (χ1n) is 6.95. The van der Waals surface area contributed by atoms with Crippen molar-refractivity contribution in [3.05, 3.63) is 69.3 Å². The van der Waals surface area contributed by atoms with Crippen molar-refractivity contribution in [2.45, 2.75) is 13.0 Å². The van der Waals surface area contributed by atoms with Gasteiger partial charge in [-0.2, -0.15) is 0 Å². The number of nitrogens with zero attached hydrogens (tertiary/aromatic N) is 2. The Balaban J connectivity index is 1.87. The molecule has 0 saturated carbocycles. The van der Waals surface area contributed by atoms with Gasteiger partial charge in [-0.1, -0.05) is 18.2 Å². The number of carbonyl (C=O) groups excluding carboxylic acids is 1. The highest BCUT2D eigenvalue weighted by Crippen LogP contribution is 2.32. The molecule has 0 spiro atoms. The number of non-ortho nitro benzene ring substituents is 1. The van der Waals surface area contributed by atoms with Crippen LogP contribution in [0.1, 0.15) is 21.5 Å². The van der Waals surface area contributed by atoms with Crippen LogP contribution in [0.5, 0.6) is 0 Å². The predicted octanol–water partition coefficient (Wildman–Crippen LogP) is 2.26. The van der Waals surface area contributed by atoms with Crippen LogP contribution in [-0.4, -0.2) is 17.4 Å². The first-order valence-corrected chi connectivity index (χ1v) is 6.95. The number of benzene rings is 2. The van der Waals surface area contributed by atoms with Gasteiger partial charge in [-0.3, -0.25) is 14.9 Å². The number of nitrogens with two attached hydrogens (primary N) is 1. The van der Waals surface area contributed by atoms with Gasteiger partial charge in [0.15, 0.2) is 0 Å². The molecule has 1 amide bonds. The number of fused-ring (bicyclic) bond motifs is 1. The highest BCUT2D eigenvalue weighted by molar-refractivity contribution is 5.92. The van der Waals surface area contributed by atoms with Crippen molar-refractivity contribution in [1.82, 2.24) is 0 Å². The molecule has 2 aromatic carbocycles. The van der Waals surface area contributed by atoms with Gasteiger partial charge in [-0.25, -0.2) is 0 Å². The van der Waals surface area contributed by atoms with Crippen LogP contribution in [0.25, 0.3) is 0 Å². The second kappa shape index (κ2) is 5.48. The van der Waals surface area contributed by atoms with Gasteiger partial charge in [-0.15, -0.1) is 0 Å². The number of hydrogen-bond acceptors (Lipinski definition) is 4. The summed E-state index contributed by atoms with van der Waals surface area (Å²) in [5.41, 5.74) is 8.81. The molecular weight excluding hydrogens is 282 g/mol. The summed E-state index contributed by atoms with van der Waals surface area (Å²) in [5.74, 6) is -0.459. The van der Waals surface area contributed by atoms with Crippen molar-refractivity contribution in [2.75, 3.05) is 11.4 Å². The topological polar surface area (TPSA) is 89.5 Å². The minimum Gasteiger partial charge on any atom is -0.366 e. The number of rotatable bonds is 4. The zero-order valence-electron chi connectivity index (χ0n) is 11.9. The number of nitro benzene ring substituents is 1. The summed E-state index contributed by atoms with van der Waals surface area (Å²) in [6.07, 6.45) is 0.864. The second-order valence-corrected chi connectivity index (χ2v) is 5.31. The third-order valence-corrected chi connectivity index (χ3v) is 3.86. The van der Waals surface area contributed by atoms with E-state index < -0.39 is 5.91 Å². The Labute approximate surface area is 127 Å². The molecular formula is C16H15N3O3. The van der Waals surface area contributed by atoms with Crippen molar-refractivity contribution in [3.63, 3.8) is 0 Å². The van der Waals surface area contributed by atoms with Gasteiger partial charge in [0.25, 0.3) is 5.69 Å². The third kappa shape index (κ3) is 2.63. The van der Waals surface area contributed by atoms with Crippen LogP contribution >= 0.6 is 0 Å². The molecule has 0 atom stereocenters. The average Bonchev–Trinajstić information content (AvgIpc) is 2.90. The Morgan fingerprint density at radius 1 is 1.27 bits per heavy atom. The molecule has 6 heteroatoms. The first kappa shape index (κ1) is 14.1. The summed E-state index contributed by atoms with van der Waals surface area (Å²) in [5, 5.41) is 10.9. The molecule has 6 nitrogen and oxygen atoms in total. The molecule has 22 heavy (non-hydrogen) atoms. The molecule has 1 aliphatic rings. The van der Waals surface area contributed by atoms with E-state index in [9.17, 15) is 14.9 Å². The zero-order valence-corrected chi connectivity index (χ0v) is 11.9. The van der Waals surface area contributed by atoms with E-state index in [2.05, 4.69) is 4.90 Å². The molecule has 1 heterocycles. The Bertz CT molecular complexity index is 758. The lowest BCUT2D eigenvalue weighted by Gasteiger charge is -2.19. The quantitative estimate of drug-likeness (QED) is 0.692.